The highest BCUT2D eigenvalue weighted by atomic mass is 16.3. The topological polar surface area (TPSA) is 81.6 Å². The fraction of sp³-hybridized carbons (Fsp3) is 0.222. The smallest absolute Gasteiger partial charge is 0.319 e. The standard InChI is InChI=1S/C9H12N2O3/c12-5-4-10-9(14)11-7-2-1-3-8(13)6-7/h1-3,6,12-13H,4-5H2,(H2,10,11,14). The summed E-state index contributed by atoms with van der Waals surface area (Å²) in [6, 6.07) is 5.80. The molecule has 0 unspecified atom stereocenters. The van der Waals surface area contributed by atoms with Crippen molar-refractivity contribution >= 4 is 11.7 Å². The average Bonchev–Trinajstić information content (AvgIpc) is 2.15. The largest absolute Gasteiger partial charge is 0.508 e. The lowest BCUT2D eigenvalue weighted by atomic mass is 10.3. The minimum Gasteiger partial charge on any atom is -0.508 e. The summed E-state index contributed by atoms with van der Waals surface area (Å²) in [4.78, 5) is 11.1. The molecule has 0 saturated carbocycles. The van der Waals surface area contributed by atoms with Crippen LogP contribution in [0.4, 0.5) is 10.5 Å². The van der Waals surface area contributed by atoms with E-state index in [1.165, 1.54) is 12.1 Å². The predicted octanol–water partition coefficient (Wildman–Crippen LogP) is 0.506. The van der Waals surface area contributed by atoms with Crippen LogP contribution in [-0.2, 0) is 0 Å². The van der Waals surface area contributed by atoms with Crippen molar-refractivity contribution in [3.8, 4) is 5.75 Å². The summed E-state index contributed by atoms with van der Waals surface area (Å²) >= 11 is 0. The van der Waals surface area contributed by atoms with E-state index in [1.807, 2.05) is 0 Å². The number of aliphatic hydroxyl groups excluding tert-OH is 1. The van der Waals surface area contributed by atoms with E-state index in [9.17, 15) is 4.79 Å². The summed E-state index contributed by atoms with van der Waals surface area (Å²) in [6.45, 7) is 0.0953. The van der Waals surface area contributed by atoms with Crippen molar-refractivity contribution in [3.63, 3.8) is 0 Å². The summed E-state index contributed by atoms with van der Waals surface area (Å²) in [5.41, 5.74) is 0.500. The molecule has 5 nitrogen and oxygen atoms in total. The lowest BCUT2D eigenvalue weighted by Crippen LogP contribution is -2.30. The number of aliphatic hydroxyl groups is 1. The number of aromatic hydroxyl groups is 1. The molecule has 2 amide bonds. The molecule has 1 aromatic rings. The van der Waals surface area contributed by atoms with E-state index in [4.69, 9.17) is 10.2 Å². The Morgan fingerprint density at radius 1 is 1.43 bits per heavy atom. The van der Waals surface area contributed by atoms with Gasteiger partial charge in [-0.2, -0.15) is 0 Å². The number of benzene rings is 1. The number of hydrogen-bond acceptors (Lipinski definition) is 3. The van der Waals surface area contributed by atoms with Gasteiger partial charge in [-0.25, -0.2) is 4.79 Å². The van der Waals surface area contributed by atoms with E-state index >= 15 is 0 Å². The first-order valence-electron chi connectivity index (χ1n) is 4.17. The van der Waals surface area contributed by atoms with Crippen LogP contribution in [0.15, 0.2) is 24.3 Å². The zero-order chi connectivity index (χ0) is 10.4. The minimum absolute atomic E-state index is 0.0879. The van der Waals surface area contributed by atoms with Crippen molar-refractivity contribution in [2.45, 2.75) is 0 Å². The molecule has 0 saturated heterocycles. The molecular weight excluding hydrogens is 184 g/mol. The number of amides is 2. The van der Waals surface area contributed by atoms with E-state index in [0.717, 1.165) is 0 Å². The Bertz CT molecular complexity index is 315. The first-order chi connectivity index (χ1) is 6.72. The molecule has 0 aliphatic rings. The molecule has 14 heavy (non-hydrogen) atoms. The molecule has 1 rings (SSSR count). The van der Waals surface area contributed by atoms with Crippen LogP contribution in [0.5, 0.6) is 5.75 Å². The van der Waals surface area contributed by atoms with Gasteiger partial charge in [-0.3, -0.25) is 0 Å². The molecule has 0 aliphatic carbocycles. The van der Waals surface area contributed by atoms with Crippen LogP contribution in [0.25, 0.3) is 0 Å². The molecular formula is C9H12N2O3. The Labute approximate surface area is 81.4 Å². The van der Waals surface area contributed by atoms with Gasteiger partial charge in [0.05, 0.1) is 6.61 Å². The second kappa shape index (κ2) is 5.08. The van der Waals surface area contributed by atoms with Gasteiger partial charge >= 0.3 is 6.03 Å². The molecule has 0 fully saturated rings. The van der Waals surface area contributed by atoms with Crippen LogP contribution in [0.2, 0.25) is 0 Å². The molecule has 4 N–H and O–H groups in total. The van der Waals surface area contributed by atoms with Gasteiger partial charge in [-0.05, 0) is 12.1 Å². The highest BCUT2D eigenvalue weighted by Gasteiger charge is 2.00. The quantitative estimate of drug-likeness (QED) is 0.568. The van der Waals surface area contributed by atoms with Crippen LogP contribution in [0.1, 0.15) is 0 Å². The van der Waals surface area contributed by atoms with Gasteiger partial charge in [0, 0.05) is 18.3 Å². The summed E-state index contributed by atoms with van der Waals surface area (Å²) in [5.74, 6) is 0.0879. The normalized spacial score (nSPS) is 9.50. The van der Waals surface area contributed by atoms with Crippen molar-refractivity contribution < 1.29 is 15.0 Å². The third kappa shape index (κ3) is 3.32. The molecule has 0 spiro atoms. The lowest BCUT2D eigenvalue weighted by Gasteiger charge is -2.06. The van der Waals surface area contributed by atoms with E-state index in [1.54, 1.807) is 12.1 Å². The van der Waals surface area contributed by atoms with Crippen LogP contribution < -0.4 is 10.6 Å². The fourth-order valence-electron chi connectivity index (χ4n) is 0.928. The van der Waals surface area contributed by atoms with Gasteiger partial charge in [0.2, 0.25) is 0 Å². The summed E-state index contributed by atoms with van der Waals surface area (Å²) in [6.07, 6.45) is 0. The molecule has 0 heterocycles. The second-order valence-electron chi connectivity index (χ2n) is 2.65. The molecule has 0 aromatic heterocycles. The van der Waals surface area contributed by atoms with Crippen LogP contribution in [-0.4, -0.2) is 29.4 Å². The van der Waals surface area contributed by atoms with E-state index < -0.39 is 6.03 Å². The van der Waals surface area contributed by atoms with E-state index in [-0.39, 0.29) is 18.9 Å². The van der Waals surface area contributed by atoms with E-state index in [2.05, 4.69) is 10.6 Å². The molecule has 1 aromatic carbocycles. The van der Waals surface area contributed by atoms with Gasteiger partial charge in [-0.1, -0.05) is 6.07 Å². The van der Waals surface area contributed by atoms with Gasteiger partial charge in [0.1, 0.15) is 5.75 Å². The number of hydrogen-bond donors (Lipinski definition) is 4. The van der Waals surface area contributed by atoms with Crippen molar-refractivity contribution in [1.82, 2.24) is 5.32 Å². The Hall–Kier alpha value is -1.75. The highest BCUT2D eigenvalue weighted by molar-refractivity contribution is 5.89. The Balaban J connectivity index is 2.47. The monoisotopic (exact) mass is 196 g/mol. The maximum atomic E-state index is 11.1. The Morgan fingerprint density at radius 2 is 2.21 bits per heavy atom. The third-order valence-electron chi connectivity index (χ3n) is 1.50. The number of carbonyl (C=O) groups excluding carboxylic acids is 1. The van der Waals surface area contributed by atoms with Crippen molar-refractivity contribution in [3.05, 3.63) is 24.3 Å². The number of urea groups is 1. The molecule has 0 radical (unpaired) electrons. The maximum absolute atomic E-state index is 11.1. The minimum atomic E-state index is -0.412. The van der Waals surface area contributed by atoms with Crippen LogP contribution >= 0.6 is 0 Å². The summed E-state index contributed by atoms with van der Waals surface area (Å²) < 4.78 is 0. The van der Waals surface area contributed by atoms with Crippen LogP contribution in [0, 0.1) is 0 Å². The number of phenolic OH excluding ortho intramolecular Hbond substituents is 1. The summed E-state index contributed by atoms with van der Waals surface area (Å²) in [5, 5.41) is 22.4. The van der Waals surface area contributed by atoms with Crippen molar-refractivity contribution in [1.29, 1.82) is 0 Å². The average molecular weight is 196 g/mol. The van der Waals surface area contributed by atoms with Gasteiger partial charge in [0.25, 0.3) is 0 Å². The number of carbonyl (C=O) groups is 1. The highest BCUT2D eigenvalue weighted by Crippen LogP contribution is 2.14. The van der Waals surface area contributed by atoms with E-state index in [0.29, 0.717) is 5.69 Å². The first kappa shape index (κ1) is 10.3. The Morgan fingerprint density at radius 3 is 2.86 bits per heavy atom. The first-order valence-corrected chi connectivity index (χ1v) is 4.17. The zero-order valence-corrected chi connectivity index (χ0v) is 7.53. The molecule has 76 valence electrons. The number of phenols is 1. The Kier molecular flexibility index (Phi) is 3.75. The van der Waals surface area contributed by atoms with Gasteiger partial charge in [0.15, 0.2) is 0 Å². The maximum Gasteiger partial charge on any atom is 0.319 e. The molecule has 0 aliphatic heterocycles. The van der Waals surface area contributed by atoms with Crippen molar-refractivity contribution in [2.75, 3.05) is 18.5 Å². The molecule has 0 bridgehead atoms. The van der Waals surface area contributed by atoms with Crippen LogP contribution in [0.3, 0.4) is 0 Å². The lowest BCUT2D eigenvalue weighted by molar-refractivity contribution is 0.245. The van der Waals surface area contributed by atoms with Crippen molar-refractivity contribution in [2.24, 2.45) is 0 Å². The van der Waals surface area contributed by atoms with Gasteiger partial charge < -0.3 is 20.8 Å². The summed E-state index contributed by atoms with van der Waals surface area (Å²) in [7, 11) is 0. The van der Waals surface area contributed by atoms with Gasteiger partial charge in [-0.15, -0.1) is 0 Å². The number of nitrogens with one attached hydrogen (secondary N) is 2. The predicted molar refractivity (Wildman–Crippen MR) is 52.2 cm³/mol. The molecule has 5 heteroatoms. The number of anilines is 1. The molecule has 0 atom stereocenters. The second-order valence-corrected chi connectivity index (χ2v) is 2.65. The fourth-order valence-corrected chi connectivity index (χ4v) is 0.928. The number of rotatable bonds is 3. The third-order valence-corrected chi connectivity index (χ3v) is 1.50. The zero-order valence-electron chi connectivity index (χ0n) is 7.53. The SMILES string of the molecule is O=C(NCCO)Nc1cccc(O)c1.